The summed E-state index contributed by atoms with van der Waals surface area (Å²) < 4.78 is 8.21. The standard InChI is InChI=1S/C21H22N8O/c1-21(2)20-25-15-18(28(20)3-4-30-21)26-16(12-7-14-17(22-8-12)24-10-23-14)27-19(15)29-9-11-5-13(29)6-11/h7-8,10-11,13H,3-6,9H2,1-2H3,(H,22,23,24). The van der Waals surface area contributed by atoms with E-state index in [0.29, 0.717) is 24.1 Å². The highest BCUT2D eigenvalue weighted by Gasteiger charge is 2.45. The number of aromatic nitrogens is 7. The molecule has 0 aromatic carbocycles. The van der Waals surface area contributed by atoms with Gasteiger partial charge in [-0.1, -0.05) is 0 Å². The number of nitrogens with one attached hydrogen (secondary N) is 1. The monoisotopic (exact) mass is 402 g/mol. The van der Waals surface area contributed by atoms with Crippen molar-refractivity contribution in [3.8, 4) is 11.4 Å². The third-order valence-corrected chi connectivity index (χ3v) is 6.80. The lowest BCUT2D eigenvalue weighted by Crippen LogP contribution is -2.33. The summed E-state index contributed by atoms with van der Waals surface area (Å²) in [5.74, 6) is 3.33. The molecule has 9 nitrogen and oxygen atoms in total. The molecule has 7 heterocycles. The number of hydrogen-bond donors (Lipinski definition) is 1. The quantitative estimate of drug-likeness (QED) is 0.550. The van der Waals surface area contributed by atoms with Gasteiger partial charge in [-0.05, 0) is 38.7 Å². The molecule has 2 saturated heterocycles. The molecule has 9 heteroatoms. The summed E-state index contributed by atoms with van der Waals surface area (Å²) in [4.78, 5) is 29.3. The first-order valence-corrected chi connectivity index (χ1v) is 10.6. The SMILES string of the molecule is CC1(C)OCCn2c1nc1c(N3CC4CC3C4)nc(-c3cnc4nc[nH]c4c3)nc12. The van der Waals surface area contributed by atoms with E-state index in [0.717, 1.165) is 52.9 Å². The van der Waals surface area contributed by atoms with Gasteiger partial charge in [-0.15, -0.1) is 0 Å². The Morgan fingerprint density at radius 3 is 2.90 bits per heavy atom. The number of fused-ring (bicyclic) bond motifs is 5. The molecule has 0 atom stereocenters. The van der Waals surface area contributed by atoms with Crippen LogP contribution in [0.15, 0.2) is 18.6 Å². The molecule has 0 amide bonds. The Balaban J connectivity index is 1.49. The molecular formula is C21H22N8O. The van der Waals surface area contributed by atoms with Crippen LogP contribution in [-0.2, 0) is 16.9 Å². The maximum atomic E-state index is 6.00. The maximum Gasteiger partial charge on any atom is 0.177 e. The highest BCUT2D eigenvalue weighted by molar-refractivity contribution is 5.87. The Kier molecular flexibility index (Phi) is 3.08. The Hall–Kier alpha value is -3.07. The lowest BCUT2D eigenvalue weighted by Gasteiger charge is -2.30. The van der Waals surface area contributed by atoms with Crippen LogP contribution < -0.4 is 4.90 Å². The summed E-state index contributed by atoms with van der Waals surface area (Å²) in [6.07, 6.45) is 5.97. The van der Waals surface area contributed by atoms with Crippen LogP contribution >= 0.6 is 0 Å². The molecule has 1 saturated carbocycles. The molecule has 1 N–H and O–H groups in total. The molecular weight excluding hydrogens is 380 g/mol. The van der Waals surface area contributed by atoms with Gasteiger partial charge >= 0.3 is 0 Å². The number of imidazole rings is 2. The Labute approximate surface area is 172 Å². The van der Waals surface area contributed by atoms with Crippen LogP contribution in [-0.4, -0.2) is 53.7 Å². The topological polar surface area (TPSA) is 97.6 Å². The van der Waals surface area contributed by atoms with Gasteiger partial charge < -0.3 is 19.2 Å². The summed E-state index contributed by atoms with van der Waals surface area (Å²) in [5.41, 5.74) is 3.78. The van der Waals surface area contributed by atoms with Crippen molar-refractivity contribution in [2.75, 3.05) is 18.1 Å². The van der Waals surface area contributed by atoms with Gasteiger partial charge in [0.1, 0.15) is 11.4 Å². The second-order valence-corrected chi connectivity index (χ2v) is 9.13. The van der Waals surface area contributed by atoms with Gasteiger partial charge in [0.05, 0.1) is 18.5 Å². The van der Waals surface area contributed by atoms with E-state index in [-0.39, 0.29) is 0 Å². The predicted molar refractivity (Wildman–Crippen MR) is 111 cm³/mol. The zero-order chi connectivity index (χ0) is 20.0. The molecule has 4 aromatic heterocycles. The summed E-state index contributed by atoms with van der Waals surface area (Å²) >= 11 is 0. The van der Waals surface area contributed by atoms with Crippen molar-refractivity contribution in [3.63, 3.8) is 0 Å². The number of anilines is 1. The van der Waals surface area contributed by atoms with Crippen molar-refractivity contribution in [2.24, 2.45) is 5.92 Å². The lowest BCUT2D eigenvalue weighted by molar-refractivity contribution is -0.0530. The zero-order valence-electron chi connectivity index (χ0n) is 17.0. The third kappa shape index (κ3) is 2.18. The first kappa shape index (κ1) is 16.7. The van der Waals surface area contributed by atoms with Crippen LogP contribution in [0.2, 0.25) is 0 Å². The second kappa shape index (κ2) is 5.54. The molecule has 0 spiro atoms. The Morgan fingerprint density at radius 2 is 2.07 bits per heavy atom. The van der Waals surface area contributed by atoms with Crippen molar-refractivity contribution >= 4 is 28.1 Å². The number of H-pyrrole nitrogens is 1. The minimum Gasteiger partial charge on any atom is -0.366 e. The Bertz CT molecular complexity index is 1320. The lowest BCUT2D eigenvalue weighted by atomic mass is 9.86. The van der Waals surface area contributed by atoms with Gasteiger partial charge in [-0.3, -0.25) is 0 Å². The highest BCUT2D eigenvalue weighted by atomic mass is 16.5. The predicted octanol–water partition coefficient (Wildman–Crippen LogP) is 2.63. The average molecular weight is 402 g/mol. The van der Waals surface area contributed by atoms with Gasteiger partial charge in [0, 0.05) is 30.9 Å². The van der Waals surface area contributed by atoms with Crippen LogP contribution in [0.25, 0.3) is 33.7 Å². The van der Waals surface area contributed by atoms with E-state index >= 15 is 0 Å². The maximum absolute atomic E-state index is 6.00. The largest absolute Gasteiger partial charge is 0.366 e. The molecule has 4 aliphatic rings. The smallest absolute Gasteiger partial charge is 0.177 e. The van der Waals surface area contributed by atoms with Gasteiger partial charge in [-0.2, -0.15) is 0 Å². The minimum absolute atomic E-state index is 0.445. The van der Waals surface area contributed by atoms with Crippen molar-refractivity contribution in [1.29, 1.82) is 0 Å². The first-order valence-electron chi connectivity index (χ1n) is 10.6. The first-order chi connectivity index (χ1) is 14.6. The van der Waals surface area contributed by atoms with Crippen molar-refractivity contribution in [3.05, 3.63) is 24.4 Å². The number of rotatable bonds is 2. The average Bonchev–Trinajstić information content (AvgIpc) is 3.47. The fourth-order valence-corrected chi connectivity index (χ4v) is 5.19. The Morgan fingerprint density at radius 1 is 1.17 bits per heavy atom. The van der Waals surface area contributed by atoms with E-state index < -0.39 is 5.60 Å². The molecule has 30 heavy (non-hydrogen) atoms. The number of ether oxygens (including phenoxy) is 1. The molecule has 3 fully saturated rings. The van der Waals surface area contributed by atoms with Crippen molar-refractivity contribution in [2.45, 2.75) is 44.9 Å². The zero-order valence-corrected chi connectivity index (χ0v) is 17.0. The molecule has 0 unspecified atom stereocenters. The fraction of sp³-hybridized carbons (Fsp3) is 0.476. The van der Waals surface area contributed by atoms with E-state index in [1.807, 2.05) is 6.07 Å². The molecule has 2 bridgehead atoms. The highest BCUT2D eigenvalue weighted by Crippen LogP contribution is 2.45. The number of aromatic amines is 1. The van der Waals surface area contributed by atoms with Crippen molar-refractivity contribution < 1.29 is 4.74 Å². The normalized spacial score (nSPS) is 24.4. The molecule has 1 aliphatic carbocycles. The number of nitrogens with zero attached hydrogens (tertiary/aromatic N) is 7. The second-order valence-electron chi connectivity index (χ2n) is 9.13. The van der Waals surface area contributed by atoms with Crippen LogP contribution in [0, 0.1) is 5.92 Å². The van der Waals surface area contributed by atoms with Gasteiger partial charge in [0.15, 0.2) is 28.5 Å². The molecule has 3 aliphatic heterocycles. The fourth-order valence-electron chi connectivity index (χ4n) is 5.19. The summed E-state index contributed by atoms with van der Waals surface area (Å²) in [5, 5.41) is 0. The minimum atomic E-state index is -0.445. The summed E-state index contributed by atoms with van der Waals surface area (Å²) in [7, 11) is 0. The van der Waals surface area contributed by atoms with Crippen LogP contribution in [0.4, 0.5) is 5.82 Å². The summed E-state index contributed by atoms with van der Waals surface area (Å²) in [6, 6.07) is 2.59. The van der Waals surface area contributed by atoms with Crippen LogP contribution in [0.1, 0.15) is 32.5 Å². The van der Waals surface area contributed by atoms with Crippen molar-refractivity contribution in [1.82, 2.24) is 34.5 Å². The summed E-state index contributed by atoms with van der Waals surface area (Å²) in [6.45, 7) is 6.59. The molecule has 8 rings (SSSR count). The van der Waals surface area contributed by atoms with Crippen LogP contribution in [0.5, 0.6) is 0 Å². The van der Waals surface area contributed by atoms with E-state index in [1.54, 1.807) is 12.5 Å². The molecule has 0 radical (unpaired) electrons. The number of hydrogen-bond acceptors (Lipinski definition) is 7. The van der Waals surface area contributed by atoms with E-state index in [4.69, 9.17) is 19.7 Å². The van der Waals surface area contributed by atoms with Gasteiger partial charge in [0.2, 0.25) is 0 Å². The van der Waals surface area contributed by atoms with Crippen LogP contribution in [0.3, 0.4) is 0 Å². The van der Waals surface area contributed by atoms with E-state index in [2.05, 4.69) is 38.3 Å². The van der Waals surface area contributed by atoms with E-state index in [9.17, 15) is 0 Å². The molecule has 4 aromatic rings. The number of pyridine rings is 1. The molecule has 152 valence electrons. The van der Waals surface area contributed by atoms with Gasteiger partial charge in [0.25, 0.3) is 0 Å². The van der Waals surface area contributed by atoms with Gasteiger partial charge in [-0.25, -0.2) is 24.9 Å². The third-order valence-electron chi connectivity index (χ3n) is 6.80. The van der Waals surface area contributed by atoms with E-state index in [1.165, 1.54) is 12.8 Å².